The number of rotatable bonds is 4. The molecule has 1 fully saturated rings. The van der Waals surface area contributed by atoms with Crippen LogP contribution in [0.3, 0.4) is 0 Å². The van der Waals surface area contributed by atoms with Gasteiger partial charge in [0.25, 0.3) is 0 Å². The van der Waals surface area contributed by atoms with Crippen molar-refractivity contribution in [1.82, 2.24) is 19.8 Å². The summed E-state index contributed by atoms with van der Waals surface area (Å²) in [4.78, 5) is 18.5. The van der Waals surface area contributed by atoms with Crippen LogP contribution in [0.5, 0.6) is 0 Å². The number of carbonyl (C=O) groups is 1. The van der Waals surface area contributed by atoms with E-state index in [1.807, 2.05) is 14.1 Å². The lowest BCUT2D eigenvalue weighted by Gasteiger charge is -2.18. The summed E-state index contributed by atoms with van der Waals surface area (Å²) < 4.78 is 2.37. The van der Waals surface area contributed by atoms with Crippen LogP contribution in [0.1, 0.15) is 55.2 Å². The van der Waals surface area contributed by atoms with E-state index in [2.05, 4.69) is 9.88 Å². The Bertz CT molecular complexity index is 515. The Morgan fingerprint density at radius 3 is 2.86 bits per heavy atom. The predicted octanol–water partition coefficient (Wildman–Crippen LogP) is 1.66. The number of aromatic nitrogens is 2. The minimum Gasteiger partial charge on any atom is -0.349 e. The third kappa shape index (κ3) is 2.98. The molecule has 2 aliphatic rings. The molecule has 1 amide bonds. The number of hydrogen-bond donors (Lipinski definition) is 1. The van der Waals surface area contributed by atoms with Crippen molar-refractivity contribution in [3.8, 4) is 0 Å². The van der Waals surface area contributed by atoms with E-state index >= 15 is 0 Å². The standard InChI is InChI=1S/C16H26N4O/c1-19(2)15(21)8-10-20-14-7-9-17-11-13(14)18-16(20)12-5-3-4-6-12/h12,17H,3-11H2,1-2H3. The van der Waals surface area contributed by atoms with E-state index in [1.54, 1.807) is 4.90 Å². The average molecular weight is 290 g/mol. The van der Waals surface area contributed by atoms with Gasteiger partial charge in [-0.3, -0.25) is 4.79 Å². The maximum absolute atomic E-state index is 11.9. The van der Waals surface area contributed by atoms with Crippen LogP contribution in [0, 0.1) is 0 Å². The SMILES string of the molecule is CN(C)C(=O)CCn1c(C2CCCC2)nc2c1CCNC2. The Hall–Kier alpha value is -1.36. The highest BCUT2D eigenvalue weighted by Gasteiger charge is 2.27. The van der Waals surface area contributed by atoms with E-state index in [0.29, 0.717) is 12.3 Å². The van der Waals surface area contributed by atoms with E-state index in [0.717, 1.165) is 26.1 Å². The van der Waals surface area contributed by atoms with Crippen LogP contribution in [0.15, 0.2) is 0 Å². The normalized spacial score (nSPS) is 18.8. The first-order chi connectivity index (χ1) is 10.2. The molecule has 5 nitrogen and oxygen atoms in total. The van der Waals surface area contributed by atoms with Crippen LogP contribution in [-0.4, -0.2) is 41.0 Å². The number of nitrogens with one attached hydrogen (secondary N) is 1. The second-order valence-electron chi connectivity index (χ2n) is 6.46. The van der Waals surface area contributed by atoms with Crippen LogP contribution in [0.2, 0.25) is 0 Å². The molecule has 1 aliphatic carbocycles. The lowest BCUT2D eigenvalue weighted by molar-refractivity contribution is -0.128. The van der Waals surface area contributed by atoms with Crippen molar-refractivity contribution in [2.75, 3.05) is 20.6 Å². The van der Waals surface area contributed by atoms with Crippen molar-refractivity contribution in [1.29, 1.82) is 0 Å². The molecule has 0 bridgehead atoms. The Morgan fingerprint density at radius 1 is 1.38 bits per heavy atom. The molecule has 0 aromatic carbocycles. The Labute approximate surface area is 126 Å². The van der Waals surface area contributed by atoms with Gasteiger partial charge in [0, 0.05) is 58.2 Å². The third-order valence-electron chi connectivity index (χ3n) is 4.78. The minimum absolute atomic E-state index is 0.198. The van der Waals surface area contributed by atoms with Gasteiger partial charge in [0.15, 0.2) is 0 Å². The number of hydrogen-bond acceptors (Lipinski definition) is 3. The number of imidazole rings is 1. The number of amides is 1. The summed E-state index contributed by atoms with van der Waals surface area (Å²) in [5, 5.41) is 3.40. The molecule has 5 heteroatoms. The van der Waals surface area contributed by atoms with Crippen LogP contribution in [0.25, 0.3) is 0 Å². The molecule has 0 saturated heterocycles. The number of fused-ring (bicyclic) bond motifs is 1. The summed E-state index contributed by atoms with van der Waals surface area (Å²) in [6.45, 7) is 2.68. The molecule has 0 atom stereocenters. The zero-order valence-electron chi connectivity index (χ0n) is 13.2. The van der Waals surface area contributed by atoms with Gasteiger partial charge in [-0.2, -0.15) is 0 Å². The monoisotopic (exact) mass is 290 g/mol. The summed E-state index contributed by atoms with van der Waals surface area (Å²) in [6, 6.07) is 0. The Morgan fingerprint density at radius 2 is 2.14 bits per heavy atom. The molecule has 1 aliphatic heterocycles. The Balaban J connectivity index is 1.84. The zero-order chi connectivity index (χ0) is 14.8. The average Bonchev–Trinajstić information content (AvgIpc) is 3.11. The fraction of sp³-hybridized carbons (Fsp3) is 0.750. The molecule has 1 N–H and O–H groups in total. The Kier molecular flexibility index (Phi) is 4.29. The van der Waals surface area contributed by atoms with E-state index in [4.69, 9.17) is 4.98 Å². The fourth-order valence-corrected chi connectivity index (χ4v) is 3.57. The molecule has 0 unspecified atom stereocenters. The fourth-order valence-electron chi connectivity index (χ4n) is 3.57. The van der Waals surface area contributed by atoms with Crippen molar-refractivity contribution in [3.63, 3.8) is 0 Å². The second-order valence-corrected chi connectivity index (χ2v) is 6.46. The summed E-state index contributed by atoms with van der Waals surface area (Å²) in [5.41, 5.74) is 2.57. The molecular weight excluding hydrogens is 264 g/mol. The van der Waals surface area contributed by atoms with Crippen LogP contribution in [-0.2, 0) is 24.3 Å². The third-order valence-corrected chi connectivity index (χ3v) is 4.78. The first-order valence-electron chi connectivity index (χ1n) is 8.16. The van der Waals surface area contributed by atoms with Crippen molar-refractivity contribution in [2.45, 2.75) is 57.5 Å². The first kappa shape index (κ1) is 14.6. The molecule has 1 aromatic rings. The van der Waals surface area contributed by atoms with Gasteiger partial charge in [-0.05, 0) is 12.8 Å². The van der Waals surface area contributed by atoms with Crippen LogP contribution >= 0.6 is 0 Å². The van der Waals surface area contributed by atoms with Crippen molar-refractivity contribution in [2.24, 2.45) is 0 Å². The minimum atomic E-state index is 0.198. The molecule has 3 rings (SSSR count). The highest BCUT2D eigenvalue weighted by molar-refractivity contribution is 5.75. The van der Waals surface area contributed by atoms with Gasteiger partial charge in [-0.1, -0.05) is 12.8 Å². The van der Waals surface area contributed by atoms with E-state index in [9.17, 15) is 4.79 Å². The summed E-state index contributed by atoms with van der Waals surface area (Å²) in [6.07, 6.45) is 6.75. The molecule has 0 spiro atoms. The molecular formula is C16H26N4O. The van der Waals surface area contributed by atoms with E-state index < -0.39 is 0 Å². The summed E-state index contributed by atoms with van der Waals surface area (Å²) in [7, 11) is 3.65. The highest BCUT2D eigenvalue weighted by Crippen LogP contribution is 2.35. The van der Waals surface area contributed by atoms with E-state index in [1.165, 1.54) is 42.9 Å². The van der Waals surface area contributed by atoms with Crippen LogP contribution in [0.4, 0.5) is 0 Å². The maximum atomic E-state index is 11.9. The van der Waals surface area contributed by atoms with Gasteiger partial charge in [-0.15, -0.1) is 0 Å². The maximum Gasteiger partial charge on any atom is 0.223 e. The molecule has 21 heavy (non-hydrogen) atoms. The molecule has 1 aromatic heterocycles. The lowest BCUT2D eigenvalue weighted by Crippen LogP contribution is -2.27. The van der Waals surface area contributed by atoms with Gasteiger partial charge >= 0.3 is 0 Å². The quantitative estimate of drug-likeness (QED) is 0.917. The first-order valence-corrected chi connectivity index (χ1v) is 8.16. The highest BCUT2D eigenvalue weighted by atomic mass is 16.2. The van der Waals surface area contributed by atoms with Crippen molar-refractivity contribution >= 4 is 5.91 Å². The molecule has 1 saturated carbocycles. The predicted molar refractivity (Wildman–Crippen MR) is 82.2 cm³/mol. The largest absolute Gasteiger partial charge is 0.349 e. The summed E-state index contributed by atoms with van der Waals surface area (Å²) >= 11 is 0. The van der Waals surface area contributed by atoms with Gasteiger partial charge in [0.05, 0.1) is 5.69 Å². The van der Waals surface area contributed by atoms with Crippen LogP contribution < -0.4 is 5.32 Å². The topological polar surface area (TPSA) is 50.2 Å². The van der Waals surface area contributed by atoms with Crippen molar-refractivity contribution < 1.29 is 4.79 Å². The summed E-state index contributed by atoms with van der Waals surface area (Å²) in [5.74, 6) is 2.04. The molecule has 2 heterocycles. The molecule has 0 radical (unpaired) electrons. The van der Waals surface area contributed by atoms with Gasteiger partial charge in [0.1, 0.15) is 5.82 Å². The van der Waals surface area contributed by atoms with E-state index in [-0.39, 0.29) is 5.91 Å². The lowest BCUT2D eigenvalue weighted by atomic mass is 10.1. The number of nitrogens with zero attached hydrogens (tertiary/aromatic N) is 3. The van der Waals surface area contributed by atoms with Gasteiger partial charge in [0.2, 0.25) is 5.91 Å². The molecule has 116 valence electrons. The number of carbonyl (C=O) groups excluding carboxylic acids is 1. The zero-order valence-corrected chi connectivity index (χ0v) is 13.2. The van der Waals surface area contributed by atoms with Gasteiger partial charge < -0.3 is 14.8 Å². The second kappa shape index (κ2) is 6.18. The smallest absolute Gasteiger partial charge is 0.223 e. The van der Waals surface area contributed by atoms with Crippen molar-refractivity contribution in [3.05, 3.63) is 17.2 Å². The van der Waals surface area contributed by atoms with Gasteiger partial charge in [-0.25, -0.2) is 4.98 Å².